The molecule has 0 unspecified atom stereocenters. The molecule has 0 atom stereocenters. The van der Waals surface area contributed by atoms with Gasteiger partial charge < -0.3 is 4.90 Å². The van der Waals surface area contributed by atoms with Crippen molar-refractivity contribution in [2.75, 3.05) is 13.1 Å². The minimum Gasteiger partial charge on any atom is -0.337 e. The average Bonchev–Trinajstić information content (AvgIpc) is 2.36. The van der Waals surface area contributed by atoms with Gasteiger partial charge in [0.05, 0.1) is 12.5 Å². The van der Waals surface area contributed by atoms with Gasteiger partial charge in [0.15, 0.2) is 0 Å². The molecule has 0 aromatic heterocycles. The molecule has 0 saturated carbocycles. The number of aryl methyl sites for hydroxylation is 1. The molecular formula is C15H19BrN2O. The van der Waals surface area contributed by atoms with Gasteiger partial charge >= 0.3 is 0 Å². The van der Waals surface area contributed by atoms with Crippen LogP contribution in [-0.2, 0) is 0 Å². The summed E-state index contributed by atoms with van der Waals surface area (Å²) in [6.07, 6.45) is 0.369. The Morgan fingerprint density at radius 3 is 2.68 bits per heavy atom. The maximum absolute atomic E-state index is 12.5. The summed E-state index contributed by atoms with van der Waals surface area (Å²) in [6, 6.07) is 7.69. The normalized spacial score (nSPS) is 10.3. The minimum atomic E-state index is -0.000417. The van der Waals surface area contributed by atoms with Crippen LogP contribution in [-0.4, -0.2) is 23.9 Å². The lowest BCUT2D eigenvalue weighted by Gasteiger charge is -2.24. The van der Waals surface area contributed by atoms with Gasteiger partial charge in [-0.2, -0.15) is 5.26 Å². The molecule has 0 bridgehead atoms. The third kappa shape index (κ3) is 4.68. The van der Waals surface area contributed by atoms with Crippen molar-refractivity contribution < 1.29 is 4.79 Å². The largest absolute Gasteiger partial charge is 0.337 e. The number of benzene rings is 1. The van der Waals surface area contributed by atoms with Crippen molar-refractivity contribution in [2.24, 2.45) is 5.92 Å². The first-order valence-corrected chi connectivity index (χ1v) is 7.17. The van der Waals surface area contributed by atoms with Gasteiger partial charge in [0.2, 0.25) is 0 Å². The number of hydrogen-bond donors (Lipinski definition) is 0. The predicted molar refractivity (Wildman–Crippen MR) is 79.9 cm³/mol. The molecule has 0 aliphatic carbocycles. The van der Waals surface area contributed by atoms with E-state index in [9.17, 15) is 4.79 Å². The van der Waals surface area contributed by atoms with Crippen LogP contribution in [0.4, 0.5) is 0 Å². The van der Waals surface area contributed by atoms with Crippen LogP contribution in [0.3, 0.4) is 0 Å². The highest BCUT2D eigenvalue weighted by atomic mass is 79.9. The van der Waals surface area contributed by atoms with Crippen molar-refractivity contribution in [3.05, 3.63) is 33.8 Å². The smallest absolute Gasteiger partial charge is 0.253 e. The van der Waals surface area contributed by atoms with Gasteiger partial charge in [-0.3, -0.25) is 4.79 Å². The summed E-state index contributed by atoms with van der Waals surface area (Å²) in [7, 11) is 0. The summed E-state index contributed by atoms with van der Waals surface area (Å²) in [4.78, 5) is 14.2. The summed E-state index contributed by atoms with van der Waals surface area (Å²) in [5.41, 5.74) is 1.72. The first-order valence-electron chi connectivity index (χ1n) is 6.38. The van der Waals surface area contributed by atoms with E-state index in [4.69, 9.17) is 5.26 Å². The van der Waals surface area contributed by atoms with Crippen molar-refractivity contribution >= 4 is 21.8 Å². The van der Waals surface area contributed by atoms with E-state index in [0.717, 1.165) is 10.0 Å². The molecule has 0 aliphatic rings. The Kier molecular flexibility index (Phi) is 6.04. The second kappa shape index (κ2) is 7.30. The lowest BCUT2D eigenvalue weighted by atomic mass is 10.1. The van der Waals surface area contributed by atoms with Crippen molar-refractivity contribution in [1.29, 1.82) is 5.26 Å². The Hall–Kier alpha value is -1.34. The Morgan fingerprint density at radius 2 is 2.16 bits per heavy atom. The van der Waals surface area contributed by atoms with Crippen LogP contribution in [0.15, 0.2) is 22.7 Å². The molecule has 3 nitrogen and oxygen atoms in total. The fourth-order valence-corrected chi connectivity index (χ4v) is 2.11. The highest BCUT2D eigenvalue weighted by Crippen LogP contribution is 2.18. The summed E-state index contributed by atoms with van der Waals surface area (Å²) < 4.78 is 0.997. The van der Waals surface area contributed by atoms with Gasteiger partial charge in [0.1, 0.15) is 0 Å². The second-order valence-electron chi connectivity index (χ2n) is 5.02. The van der Waals surface area contributed by atoms with E-state index in [0.29, 0.717) is 31.0 Å². The van der Waals surface area contributed by atoms with Crippen molar-refractivity contribution in [3.63, 3.8) is 0 Å². The molecule has 1 aromatic rings. The Labute approximate surface area is 123 Å². The quantitative estimate of drug-likeness (QED) is 0.828. The average molecular weight is 323 g/mol. The zero-order valence-electron chi connectivity index (χ0n) is 11.6. The van der Waals surface area contributed by atoms with Crippen LogP contribution in [0.2, 0.25) is 0 Å². The molecule has 0 heterocycles. The van der Waals surface area contributed by atoms with Gasteiger partial charge in [-0.15, -0.1) is 0 Å². The van der Waals surface area contributed by atoms with Gasteiger partial charge in [-0.25, -0.2) is 0 Å². The zero-order valence-corrected chi connectivity index (χ0v) is 13.2. The number of nitriles is 1. The maximum atomic E-state index is 12.5. The van der Waals surface area contributed by atoms with E-state index >= 15 is 0 Å². The van der Waals surface area contributed by atoms with Crippen LogP contribution < -0.4 is 0 Å². The lowest BCUT2D eigenvalue weighted by molar-refractivity contribution is 0.0740. The molecule has 0 spiro atoms. The molecule has 19 heavy (non-hydrogen) atoms. The molecule has 102 valence electrons. The summed E-state index contributed by atoms with van der Waals surface area (Å²) >= 11 is 3.43. The van der Waals surface area contributed by atoms with Gasteiger partial charge in [0.25, 0.3) is 5.91 Å². The first-order chi connectivity index (χ1) is 8.95. The number of carbonyl (C=O) groups excluding carboxylic acids is 1. The Morgan fingerprint density at radius 1 is 1.47 bits per heavy atom. The van der Waals surface area contributed by atoms with E-state index in [2.05, 4.69) is 35.8 Å². The molecule has 0 fully saturated rings. The Bertz CT molecular complexity index is 491. The SMILES string of the molecule is Cc1cc(C(=O)N(CCC#N)CC(C)C)ccc1Br. The summed E-state index contributed by atoms with van der Waals surface area (Å²) in [5, 5.41) is 8.69. The molecule has 1 aromatic carbocycles. The van der Waals surface area contributed by atoms with Crippen molar-refractivity contribution in [2.45, 2.75) is 27.2 Å². The molecule has 0 saturated heterocycles. The number of rotatable bonds is 5. The van der Waals surface area contributed by atoms with E-state index in [-0.39, 0.29) is 5.91 Å². The lowest BCUT2D eigenvalue weighted by Crippen LogP contribution is -2.35. The standard InChI is InChI=1S/C15H19BrN2O/c1-11(2)10-18(8-4-7-17)15(19)13-5-6-14(16)12(3)9-13/h5-6,9,11H,4,8,10H2,1-3H3. The fraction of sp³-hybridized carbons (Fsp3) is 0.467. The molecule has 0 radical (unpaired) electrons. The van der Waals surface area contributed by atoms with E-state index < -0.39 is 0 Å². The topological polar surface area (TPSA) is 44.1 Å². The van der Waals surface area contributed by atoms with Crippen LogP contribution in [0, 0.1) is 24.2 Å². The third-order valence-electron chi connectivity index (χ3n) is 2.77. The third-order valence-corrected chi connectivity index (χ3v) is 3.66. The highest BCUT2D eigenvalue weighted by molar-refractivity contribution is 9.10. The number of amides is 1. The number of nitrogens with zero attached hydrogens (tertiary/aromatic N) is 2. The van der Waals surface area contributed by atoms with Gasteiger partial charge in [-0.05, 0) is 36.6 Å². The number of halogens is 1. The molecular weight excluding hydrogens is 304 g/mol. The molecule has 0 N–H and O–H groups in total. The highest BCUT2D eigenvalue weighted by Gasteiger charge is 2.17. The van der Waals surface area contributed by atoms with Crippen LogP contribution in [0.1, 0.15) is 36.2 Å². The molecule has 1 rings (SSSR count). The fourth-order valence-electron chi connectivity index (χ4n) is 1.86. The van der Waals surface area contributed by atoms with Crippen LogP contribution >= 0.6 is 15.9 Å². The van der Waals surface area contributed by atoms with E-state index in [1.807, 2.05) is 25.1 Å². The summed E-state index contributed by atoms with van der Waals surface area (Å²) in [5.74, 6) is 0.388. The monoisotopic (exact) mass is 322 g/mol. The first kappa shape index (κ1) is 15.7. The predicted octanol–water partition coefficient (Wildman–Crippen LogP) is 3.77. The van der Waals surface area contributed by atoms with Gasteiger partial charge in [-0.1, -0.05) is 29.8 Å². The number of hydrogen-bond acceptors (Lipinski definition) is 2. The maximum Gasteiger partial charge on any atom is 0.253 e. The second-order valence-corrected chi connectivity index (χ2v) is 5.87. The van der Waals surface area contributed by atoms with E-state index in [1.54, 1.807) is 4.90 Å². The van der Waals surface area contributed by atoms with Crippen LogP contribution in [0.5, 0.6) is 0 Å². The van der Waals surface area contributed by atoms with Gasteiger partial charge in [0, 0.05) is 23.1 Å². The molecule has 4 heteroatoms. The van der Waals surface area contributed by atoms with Crippen molar-refractivity contribution in [1.82, 2.24) is 4.90 Å². The Balaban J connectivity index is 2.91. The number of carbonyl (C=O) groups is 1. The van der Waals surface area contributed by atoms with E-state index in [1.165, 1.54) is 0 Å². The summed E-state index contributed by atoms with van der Waals surface area (Å²) in [6.45, 7) is 7.26. The zero-order chi connectivity index (χ0) is 14.4. The minimum absolute atomic E-state index is 0.000417. The van der Waals surface area contributed by atoms with Crippen LogP contribution in [0.25, 0.3) is 0 Å². The molecule has 0 aliphatic heterocycles. The van der Waals surface area contributed by atoms with Crippen molar-refractivity contribution in [3.8, 4) is 6.07 Å². The molecule has 1 amide bonds.